The minimum Gasteiger partial charge on any atom is -0.379 e. The number of rotatable bonds is 4. The van der Waals surface area contributed by atoms with Crippen molar-refractivity contribution in [2.75, 3.05) is 19.8 Å². The van der Waals surface area contributed by atoms with Gasteiger partial charge in [0.25, 0.3) is 0 Å². The minimum atomic E-state index is 0.205. The Kier molecular flexibility index (Phi) is 4.80. The van der Waals surface area contributed by atoms with Crippen LogP contribution in [0, 0.1) is 11.8 Å². The summed E-state index contributed by atoms with van der Waals surface area (Å²) >= 11 is 0. The first-order valence-corrected chi connectivity index (χ1v) is 6.85. The van der Waals surface area contributed by atoms with Crippen molar-refractivity contribution in [3.05, 3.63) is 0 Å². The van der Waals surface area contributed by atoms with E-state index >= 15 is 0 Å². The first kappa shape index (κ1) is 12.8. The quantitative estimate of drug-likeness (QED) is 0.772. The zero-order chi connectivity index (χ0) is 12.1. The molecule has 1 saturated carbocycles. The monoisotopic (exact) mass is 240 g/mol. The standard InChI is InChI=1S/C13H24N2O2/c14-8-11-3-1-10(2-4-11)7-13(16)15-12-5-6-17-9-12/h10-12H,1-9,14H2,(H,15,16). The molecule has 1 saturated heterocycles. The van der Waals surface area contributed by atoms with E-state index in [-0.39, 0.29) is 11.9 Å². The van der Waals surface area contributed by atoms with Gasteiger partial charge in [0.2, 0.25) is 5.91 Å². The van der Waals surface area contributed by atoms with Crippen LogP contribution in [0.15, 0.2) is 0 Å². The van der Waals surface area contributed by atoms with Gasteiger partial charge < -0.3 is 15.8 Å². The molecule has 2 fully saturated rings. The SMILES string of the molecule is NCC1CCC(CC(=O)NC2CCOC2)CC1. The fourth-order valence-corrected chi connectivity index (χ4v) is 2.87. The van der Waals surface area contributed by atoms with Crippen LogP contribution in [0.25, 0.3) is 0 Å². The molecule has 0 aromatic rings. The van der Waals surface area contributed by atoms with E-state index in [0.717, 1.165) is 32.4 Å². The van der Waals surface area contributed by atoms with Crippen molar-refractivity contribution in [1.82, 2.24) is 5.32 Å². The van der Waals surface area contributed by atoms with E-state index in [9.17, 15) is 4.79 Å². The number of carbonyl (C=O) groups excluding carboxylic acids is 1. The maximum atomic E-state index is 11.8. The molecule has 0 radical (unpaired) electrons. The van der Waals surface area contributed by atoms with E-state index in [0.29, 0.717) is 24.9 Å². The van der Waals surface area contributed by atoms with Crippen LogP contribution in [0.5, 0.6) is 0 Å². The highest BCUT2D eigenvalue weighted by molar-refractivity contribution is 5.76. The largest absolute Gasteiger partial charge is 0.379 e. The zero-order valence-corrected chi connectivity index (χ0v) is 10.5. The molecule has 1 aliphatic carbocycles. The van der Waals surface area contributed by atoms with Crippen LogP contribution in [0.2, 0.25) is 0 Å². The molecule has 3 N–H and O–H groups in total. The van der Waals surface area contributed by atoms with Gasteiger partial charge in [0, 0.05) is 13.0 Å². The summed E-state index contributed by atoms with van der Waals surface area (Å²) in [6, 6.07) is 0.253. The van der Waals surface area contributed by atoms with Gasteiger partial charge in [0.15, 0.2) is 0 Å². The lowest BCUT2D eigenvalue weighted by molar-refractivity contribution is -0.123. The smallest absolute Gasteiger partial charge is 0.220 e. The second-order valence-corrected chi connectivity index (χ2v) is 5.45. The molecule has 1 heterocycles. The second-order valence-electron chi connectivity index (χ2n) is 5.45. The molecule has 0 aromatic heterocycles. The van der Waals surface area contributed by atoms with Gasteiger partial charge in [0.1, 0.15) is 0 Å². The first-order valence-electron chi connectivity index (χ1n) is 6.85. The highest BCUT2D eigenvalue weighted by Crippen LogP contribution is 2.30. The van der Waals surface area contributed by atoms with Gasteiger partial charge in [-0.2, -0.15) is 0 Å². The number of ether oxygens (including phenoxy) is 1. The van der Waals surface area contributed by atoms with Crippen LogP contribution < -0.4 is 11.1 Å². The zero-order valence-electron chi connectivity index (χ0n) is 10.5. The fourth-order valence-electron chi connectivity index (χ4n) is 2.87. The molecule has 2 rings (SSSR count). The Labute approximate surface area is 103 Å². The Morgan fingerprint density at radius 3 is 2.47 bits per heavy atom. The van der Waals surface area contributed by atoms with E-state index < -0.39 is 0 Å². The van der Waals surface area contributed by atoms with Gasteiger partial charge in [-0.05, 0) is 50.5 Å². The summed E-state index contributed by atoms with van der Waals surface area (Å²) in [5.74, 6) is 1.47. The predicted molar refractivity (Wildman–Crippen MR) is 66.5 cm³/mol. The van der Waals surface area contributed by atoms with Gasteiger partial charge >= 0.3 is 0 Å². The van der Waals surface area contributed by atoms with Crippen molar-refractivity contribution in [3.63, 3.8) is 0 Å². The normalized spacial score (nSPS) is 33.6. The van der Waals surface area contributed by atoms with Gasteiger partial charge in [0.05, 0.1) is 12.6 Å². The summed E-state index contributed by atoms with van der Waals surface area (Å²) in [4.78, 5) is 11.8. The van der Waals surface area contributed by atoms with Crippen LogP contribution in [0.3, 0.4) is 0 Å². The summed E-state index contributed by atoms with van der Waals surface area (Å²) in [7, 11) is 0. The Bertz CT molecular complexity index is 244. The van der Waals surface area contributed by atoms with Crippen molar-refractivity contribution < 1.29 is 9.53 Å². The molecule has 1 amide bonds. The number of hydrogen-bond acceptors (Lipinski definition) is 3. The third-order valence-corrected chi connectivity index (χ3v) is 4.07. The summed E-state index contributed by atoms with van der Waals surface area (Å²) in [6.07, 6.45) is 6.37. The molecule has 1 unspecified atom stereocenters. The van der Waals surface area contributed by atoms with Crippen LogP contribution in [-0.4, -0.2) is 31.7 Å². The fraction of sp³-hybridized carbons (Fsp3) is 0.923. The van der Waals surface area contributed by atoms with Crippen LogP contribution in [0.1, 0.15) is 38.5 Å². The van der Waals surface area contributed by atoms with Crippen LogP contribution in [-0.2, 0) is 9.53 Å². The topological polar surface area (TPSA) is 64.4 Å². The maximum absolute atomic E-state index is 11.8. The summed E-state index contributed by atoms with van der Waals surface area (Å²) < 4.78 is 5.25. The average molecular weight is 240 g/mol. The van der Waals surface area contributed by atoms with Gasteiger partial charge in [-0.15, -0.1) is 0 Å². The van der Waals surface area contributed by atoms with E-state index in [1.807, 2.05) is 0 Å². The Morgan fingerprint density at radius 1 is 1.18 bits per heavy atom. The minimum absolute atomic E-state index is 0.205. The van der Waals surface area contributed by atoms with Gasteiger partial charge in [-0.25, -0.2) is 0 Å². The van der Waals surface area contributed by atoms with Gasteiger partial charge in [-0.1, -0.05) is 0 Å². The first-order chi connectivity index (χ1) is 8.28. The van der Waals surface area contributed by atoms with Crippen molar-refractivity contribution in [1.29, 1.82) is 0 Å². The Morgan fingerprint density at radius 2 is 1.88 bits per heavy atom. The molecule has 0 aromatic carbocycles. The third-order valence-electron chi connectivity index (χ3n) is 4.07. The number of hydrogen-bond donors (Lipinski definition) is 2. The molecule has 1 aliphatic heterocycles. The van der Waals surface area contributed by atoms with Crippen molar-refractivity contribution >= 4 is 5.91 Å². The molecule has 0 spiro atoms. The molecule has 0 bridgehead atoms. The summed E-state index contributed by atoms with van der Waals surface area (Å²) in [6.45, 7) is 2.27. The molecule has 98 valence electrons. The van der Waals surface area contributed by atoms with E-state index in [2.05, 4.69) is 5.32 Å². The average Bonchev–Trinajstić information content (AvgIpc) is 2.82. The Hall–Kier alpha value is -0.610. The van der Waals surface area contributed by atoms with Crippen molar-refractivity contribution in [2.24, 2.45) is 17.6 Å². The third kappa shape index (κ3) is 3.96. The van der Waals surface area contributed by atoms with Crippen LogP contribution >= 0.6 is 0 Å². The Balaban J connectivity index is 1.65. The van der Waals surface area contributed by atoms with Crippen molar-refractivity contribution in [3.8, 4) is 0 Å². The maximum Gasteiger partial charge on any atom is 0.220 e. The lowest BCUT2D eigenvalue weighted by atomic mass is 9.80. The predicted octanol–water partition coefficient (Wildman–Crippen LogP) is 1.05. The van der Waals surface area contributed by atoms with Crippen LogP contribution in [0.4, 0.5) is 0 Å². The molecular weight excluding hydrogens is 216 g/mol. The van der Waals surface area contributed by atoms with Crippen molar-refractivity contribution in [2.45, 2.75) is 44.6 Å². The number of amides is 1. The molecule has 17 heavy (non-hydrogen) atoms. The van der Waals surface area contributed by atoms with E-state index in [1.165, 1.54) is 12.8 Å². The van der Waals surface area contributed by atoms with Gasteiger partial charge in [-0.3, -0.25) is 4.79 Å². The number of carbonyl (C=O) groups is 1. The highest BCUT2D eigenvalue weighted by Gasteiger charge is 2.24. The lowest BCUT2D eigenvalue weighted by Crippen LogP contribution is -2.36. The highest BCUT2D eigenvalue weighted by atomic mass is 16.5. The summed E-state index contributed by atoms with van der Waals surface area (Å²) in [5.41, 5.74) is 5.67. The molecule has 2 aliphatic rings. The lowest BCUT2D eigenvalue weighted by Gasteiger charge is -2.27. The number of nitrogens with two attached hydrogens (primary N) is 1. The second kappa shape index (κ2) is 6.36. The number of nitrogens with one attached hydrogen (secondary N) is 1. The molecular formula is C13H24N2O2. The molecule has 4 nitrogen and oxygen atoms in total. The summed E-state index contributed by atoms with van der Waals surface area (Å²) in [5, 5.41) is 3.06. The van der Waals surface area contributed by atoms with E-state index in [1.54, 1.807) is 0 Å². The molecule has 4 heteroatoms. The van der Waals surface area contributed by atoms with E-state index in [4.69, 9.17) is 10.5 Å². The molecule has 1 atom stereocenters.